The Bertz CT molecular complexity index is 1060. The van der Waals surface area contributed by atoms with E-state index >= 15 is 0 Å². The Kier molecular flexibility index (Phi) is 8.21. The number of amides is 1. The monoisotopic (exact) mass is 455 g/mol. The van der Waals surface area contributed by atoms with Gasteiger partial charge in [-0.25, -0.2) is 0 Å². The first kappa shape index (κ1) is 24.0. The molecule has 0 radical (unpaired) electrons. The smallest absolute Gasteiger partial charge is 0.255 e. The highest BCUT2D eigenvalue weighted by atomic mass is 16.5. The molecule has 1 amide bonds. The van der Waals surface area contributed by atoms with Gasteiger partial charge in [0.25, 0.3) is 5.91 Å². The van der Waals surface area contributed by atoms with Crippen molar-refractivity contribution in [2.45, 2.75) is 27.4 Å². The highest BCUT2D eigenvalue weighted by Crippen LogP contribution is 2.39. The van der Waals surface area contributed by atoms with Gasteiger partial charge in [-0.1, -0.05) is 0 Å². The summed E-state index contributed by atoms with van der Waals surface area (Å²) in [6.45, 7) is 6.65. The quantitative estimate of drug-likeness (QED) is 0.424. The largest absolute Gasteiger partial charge is 0.496 e. The lowest BCUT2D eigenvalue weighted by Gasteiger charge is -2.17. The minimum Gasteiger partial charge on any atom is -0.496 e. The summed E-state index contributed by atoms with van der Waals surface area (Å²) in [4.78, 5) is 13.1. The molecule has 0 aliphatic carbocycles. The molecule has 176 valence electrons. The molecule has 0 fully saturated rings. The van der Waals surface area contributed by atoms with Gasteiger partial charge in [-0.3, -0.25) is 4.79 Å². The minimum absolute atomic E-state index is 0.208. The summed E-state index contributed by atoms with van der Waals surface area (Å²) < 4.78 is 28.2. The van der Waals surface area contributed by atoms with Crippen molar-refractivity contribution >= 4 is 11.6 Å². The first-order chi connectivity index (χ1) is 16.0. The number of anilines is 1. The van der Waals surface area contributed by atoms with Gasteiger partial charge in [0.1, 0.15) is 23.9 Å². The van der Waals surface area contributed by atoms with Crippen LogP contribution < -0.4 is 24.3 Å². The van der Waals surface area contributed by atoms with Gasteiger partial charge in [0.05, 0.1) is 32.5 Å². The predicted octanol–water partition coefficient (Wildman–Crippen LogP) is 4.90. The van der Waals surface area contributed by atoms with Gasteiger partial charge in [-0.05, 0) is 63.2 Å². The molecule has 33 heavy (non-hydrogen) atoms. The van der Waals surface area contributed by atoms with Crippen molar-refractivity contribution in [2.24, 2.45) is 0 Å². The number of hydrogen-bond acceptors (Lipinski definition) is 7. The van der Waals surface area contributed by atoms with E-state index in [1.807, 2.05) is 20.8 Å². The van der Waals surface area contributed by atoms with E-state index in [1.54, 1.807) is 49.6 Å². The van der Waals surface area contributed by atoms with Gasteiger partial charge in [0, 0.05) is 11.3 Å². The van der Waals surface area contributed by atoms with Crippen LogP contribution in [0.25, 0.3) is 11.3 Å². The van der Waals surface area contributed by atoms with Crippen LogP contribution in [0.15, 0.2) is 46.9 Å². The molecular weight excluding hydrogens is 426 g/mol. The van der Waals surface area contributed by atoms with Gasteiger partial charge >= 0.3 is 0 Å². The molecule has 1 heterocycles. The van der Waals surface area contributed by atoms with E-state index in [2.05, 4.69) is 5.32 Å². The van der Waals surface area contributed by atoms with Crippen LogP contribution in [0.5, 0.6) is 23.0 Å². The zero-order valence-corrected chi connectivity index (χ0v) is 19.3. The van der Waals surface area contributed by atoms with Crippen molar-refractivity contribution in [3.05, 3.63) is 53.8 Å². The number of methoxy groups -OCH3 is 1. The third-order valence-corrected chi connectivity index (χ3v) is 4.71. The molecule has 0 saturated carbocycles. The maximum Gasteiger partial charge on any atom is 0.255 e. The summed E-state index contributed by atoms with van der Waals surface area (Å²) in [6, 6.07) is 11.9. The van der Waals surface area contributed by atoms with Crippen LogP contribution in [0, 0.1) is 0 Å². The summed E-state index contributed by atoms with van der Waals surface area (Å²) >= 11 is 0. The molecule has 2 N–H and O–H groups in total. The van der Waals surface area contributed by atoms with Gasteiger partial charge in [-0.2, -0.15) is 0 Å². The van der Waals surface area contributed by atoms with Gasteiger partial charge in [0.2, 0.25) is 5.75 Å². The fourth-order valence-corrected chi connectivity index (χ4v) is 3.31. The second kappa shape index (κ2) is 11.3. The molecule has 0 unspecified atom stereocenters. The number of benzene rings is 2. The Hall–Kier alpha value is -3.65. The highest BCUT2D eigenvalue weighted by Gasteiger charge is 2.19. The molecule has 0 bridgehead atoms. The molecule has 0 aliphatic rings. The summed E-state index contributed by atoms with van der Waals surface area (Å²) in [5, 5.41) is 12.2. The maximum atomic E-state index is 13.1. The number of rotatable bonds is 11. The SMILES string of the molecule is CCOc1cc(C(=O)Nc2ccc(OC)c(-c3ccc(CO)o3)c2)cc(OCC)c1OCC. The van der Waals surface area contributed by atoms with Crippen molar-refractivity contribution in [3.8, 4) is 34.3 Å². The fraction of sp³-hybridized carbons (Fsp3) is 0.320. The standard InChI is InChI=1S/C25H29NO7/c1-5-30-22-12-16(13-23(31-6-2)24(22)32-7-3)25(28)26-17-8-10-20(29-4)19(14-17)21-11-9-18(15-27)33-21/h8-14,27H,5-7,15H2,1-4H3,(H,26,28). The van der Waals surface area contributed by atoms with Crippen LogP contribution in [-0.4, -0.2) is 37.9 Å². The molecule has 0 atom stereocenters. The normalized spacial score (nSPS) is 10.6. The number of nitrogens with one attached hydrogen (secondary N) is 1. The van der Waals surface area contributed by atoms with Crippen LogP contribution in [0.3, 0.4) is 0 Å². The maximum absolute atomic E-state index is 13.1. The molecule has 0 saturated heterocycles. The van der Waals surface area contributed by atoms with E-state index in [9.17, 15) is 9.90 Å². The topological polar surface area (TPSA) is 99.4 Å². The van der Waals surface area contributed by atoms with E-state index < -0.39 is 0 Å². The van der Waals surface area contributed by atoms with Gasteiger partial charge in [-0.15, -0.1) is 0 Å². The van der Waals surface area contributed by atoms with Crippen molar-refractivity contribution in [3.63, 3.8) is 0 Å². The van der Waals surface area contributed by atoms with Crippen LogP contribution in [-0.2, 0) is 6.61 Å². The lowest BCUT2D eigenvalue weighted by atomic mass is 10.1. The minimum atomic E-state index is -0.341. The number of furan rings is 1. The Morgan fingerprint density at radius 2 is 1.58 bits per heavy atom. The Morgan fingerprint density at radius 1 is 0.909 bits per heavy atom. The lowest BCUT2D eigenvalue weighted by Crippen LogP contribution is -2.13. The Labute approximate surface area is 193 Å². The van der Waals surface area contributed by atoms with Crippen LogP contribution in [0.1, 0.15) is 36.9 Å². The molecule has 3 rings (SSSR count). The molecular formula is C25H29NO7. The van der Waals surface area contributed by atoms with E-state index in [0.29, 0.717) is 71.2 Å². The van der Waals surface area contributed by atoms with Crippen molar-refractivity contribution in [1.82, 2.24) is 0 Å². The van der Waals surface area contributed by atoms with Crippen molar-refractivity contribution < 1.29 is 33.3 Å². The van der Waals surface area contributed by atoms with E-state index in [4.69, 9.17) is 23.4 Å². The van der Waals surface area contributed by atoms with Gasteiger partial charge < -0.3 is 33.8 Å². The fourth-order valence-electron chi connectivity index (χ4n) is 3.31. The summed E-state index contributed by atoms with van der Waals surface area (Å²) in [5.41, 5.74) is 1.55. The first-order valence-electron chi connectivity index (χ1n) is 10.8. The van der Waals surface area contributed by atoms with Crippen molar-refractivity contribution in [2.75, 3.05) is 32.2 Å². The molecule has 1 aromatic heterocycles. The zero-order valence-electron chi connectivity index (χ0n) is 19.3. The number of hydrogen-bond donors (Lipinski definition) is 2. The summed E-state index contributed by atoms with van der Waals surface area (Å²) in [6.07, 6.45) is 0. The number of aliphatic hydroxyl groups is 1. The second-order valence-electron chi connectivity index (χ2n) is 6.89. The number of ether oxygens (including phenoxy) is 4. The average Bonchev–Trinajstić information content (AvgIpc) is 3.30. The molecule has 2 aromatic carbocycles. The van der Waals surface area contributed by atoms with Crippen LogP contribution >= 0.6 is 0 Å². The lowest BCUT2D eigenvalue weighted by molar-refractivity contribution is 0.102. The number of carbonyl (C=O) groups excluding carboxylic acids is 1. The molecule has 0 aliphatic heterocycles. The first-order valence-corrected chi connectivity index (χ1v) is 10.8. The number of aliphatic hydroxyl groups excluding tert-OH is 1. The molecule has 8 heteroatoms. The summed E-state index contributed by atoms with van der Waals surface area (Å²) in [5.74, 6) is 2.54. The highest BCUT2D eigenvalue weighted by molar-refractivity contribution is 6.05. The molecule has 8 nitrogen and oxygen atoms in total. The van der Waals surface area contributed by atoms with E-state index in [-0.39, 0.29) is 12.5 Å². The van der Waals surface area contributed by atoms with Crippen LogP contribution in [0.4, 0.5) is 5.69 Å². The predicted molar refractivity (Wildman–Crippen MR) is 125 cm³/mol. The van der Waals surface area contributed by atoms with Gasteiger partial charge in [0.15, 0.2) is 11.5 Å². The number of carbonyl (C=O) groups is 1. The second-order valence-corrected chi connectivity index (χ2v) is 6.89. The Balaban J connectivity index is 1.94. The zero-order chi connectivity index (χ0) is 23.8. The van der Waals surface area contributed by atoms with Crippen LogP contribution in [0.2, 0.25) is 0 Å². The Morgan fingerprint density at radius 3 is 2.12 bits per heavy atom. The average molecular weight is 456 g/mol. The van der Waals surface area contributed by atoms with E-state index in [0.717, 1.165) is 0 Å². The molecule has 3 aromatic rings. The summed E-state index contributed by atoms with van der Waals surface area (Å²) in [7, 11) is 1.55. The van der Waals surface area contributed by atoms with E-state index in [1.165, 1.54) is 0 Å². The molecule has 0 spiro atoms. The third kappa shape index (κ3) is 5.59. The third-order valence-electron chi connectivity index (χ3n) is 4.71. The van der Waals surface area contributed by atoms with Crippen molar-refractivity contribution in [1.29, 1.82) is 0 Å².